The summed E-state index contributed by atoms with van der Waals surface area (Å²) in [5.74, 6) is -0.631. The minimum Gasteiger partial charge on any atom is -0.448 e. The molecule has 0 saturated heterocycles. The van der Waals surface area contributed by atoms with Gasteiger partial charge in [0.1, 0.15) is 28.0 Å². The largest absolute Gasteiger partial charge is 0.448 e. The summed E-state index contributed by atoms with van der Waals surface area (Å²) in [7, 11) is -3.37. The van der Waals surface area contributed by atoms with Crippen molar-refractivity contribution in [1.29, 1.82) is 0 Å². The fourth-order valence-electron chi connectivity index (χ4n) is 5.80. The summed E-state index contributed by atoms with van der Waals surface area (Å²) >= 11 is 0.653. The van der Waals surface area contributed by atoms with Crippen LogP contribution in [0, 0.1) is 0 Å². The Bertz CT molecular complexity index is 1790. The molecule has 240 valence electrons. The summed E-state index contributed by atoms with van der Waals surface area (Å²) in [6.07, 6.45) is 1.97. The van der Waals surface area contributed by atoms with Crippen molar-refractivity contribution in [2.45, 2.75) is 37.5 Å². The highest BCUT2D eigenvalue weighted by atomic mass is 32.3. The van der Waals surface area contributed by atoms with Crippen molar-refractivity contribution in [3.05, 3.63) is 79.8 Å². The second kappa shape index (κ2) is 12.6. The summed E-state index contributed by atoms with van der Waals surface area (Å²) in [4.78, 5) is 30.8. The van der Waals surface area contributed by atoms with Crippen LogP contribution in [0.15, 0.2) is 73.1 Å². The molecule has 2 amide bonds. The second-order valence-electron chi connectivity index (χ2n) is 11.4. The number of rotatable bonds is 9. The SMILES string of the molecule is CCN(C(=O)CN(C)C(=O)OCC1c2ccccc2-c2ccccc21)[C@H]1C=C(S(=O)(=O)N=CN(C)C)SC2=C1C[C@H](C)S2(=O)=O. The minimum atomic E-state index is -4.25. The molecule has 5 rings (SSSR count). The standard InChI is InChI=1S/C31H36N4O7S3/c1-6-35(27-16-29(45(40,41)32-19-33(3)4)43-30-25(27)15-20(2)44(30,38)39)28(36)17-34(5)31(37)42-18-26-23-13-9-7-11-21(23)22-12-8-10-14-24(22)26/h7-14,16,19-20,26-27H,6,15,17-18H2,1-5H3/t20-,27-/m0/s1. The third kappa shape index (κ3) is 6.27. The average Bonchev–Trinajstić information content (AvgIpc) is 3.45. The van der Waals surface area contributed by atoms with Crippen LogP contribution in [0.5, 0.6) is 0 Å². The lowest BCUT2D eigenvalue weighted by atomic mass is 9.98. The van der Waals surface area contributed by atoms with Crippen molar-refractivity contribution in [3.63, 3.8) is 0 Å². The van der Waals surface area contributed by atoms with E-state index in [1.54, 1.807) is 27.9 Å². The zero-order valence-electron chi connectivity index (χ0n) is 25.7. The zero-order valence-corrected chi connectivity index (χ0v) is 28.2. The van der Waals surface area contributed by atoms with Gasteiger partial charge in [0.15, 0.2) is 9.84 Å². The summed E-state index contributed by atoms with van der Waals surface area (Å²) < 4.78 is 61.6. The maximum absolute atomic E-state index is 13.7. The van der Waals surface area contributed by atoms with Gasteiger partial charge >= 0.3 is 6.09 Å². The fourth-order valence-corrected chi connectivity index (χ4v) is 10.8. The summed E-state index contributed by atoms with van der Waals surface area (Å²) in [6.45, 7) is 3.15. The Morgan fingerprint density at radius 2 is 1.64 bits per heavy atom. The maximum Gasteiger partial charge on any atom is 0.409 e. The predicted molar refractivity (Wildman–Crippen MR) is 176 cm³/mol. The Kier molecular flexibility index (Phi) is 9.20. The Balaban J connectivity index is 1.34. The first kappa shape index (κ1) is 32.8. The van der Waals surface area contributed by atoms with E-state index in [0.717, 1.165) is 28.6 Å². The number of carbonyl (C=O) groups excluding carboxylic acids is 2. The number of likely N-dealkylation sites (N-methyl/N-ethyl adjacent to an activating group) is 2. The predicted octanol–water partition coefficient (Wildman–Crippen LogP) is 4.01. The Labute approximate surface area is 268 Å². The van der Waals surface area contributed by atoms with Crippen LogP contribution in [0.25, 0.3) is 11.1 Å². The van der Waals surface area contributed by atoms with Crippen molar-refractivity contribution in [3.8, 4) is 11.1 Å². The number of hydrogen-bond acceptors (Lipinski definition) is 8. The van der Waals surface area contributed by atoms with E-state index in [4.69, 9.17) is 4.74 Å². The van der Waals surface area contributed by atoms with Gasteiger partial charge < -0.3 is 19.4 Å². The van der Waals surface area contributed by atoms with Gasteiger partial charge in [-0.15, -0.1) is 4.40 Å². The third-order valence-corrected chi connectivity index (χ3v) is 13.7. The first-order chi connectivity index (χ1) is 21.3. The quantitative estimate of drug-likeness (QED) is 0.286. The van der Waals surface area contributed by atoms with Crippen LogP contribution in [-0.4, -0.2) is 102 Å². The van der Waals surface area contributed by atoms with Gasteiger partial charge in [-0.25, -0.2) is 13.2 Å². The molecule has 2 aromatic rings. The average molecular weight is 673 g/mol. The molecule has 0 fully saturated rings. The topological polar surface area (TPSA) is 134 Å². The smallest absolute Gasteiger partial charge is 0.409 e. The summed E-state index contributed by atoms with van der Waals surface area (Å²) in [5, 5.41) is -0.768. The molecule has 0 radical (unpaired) electrons. The van der Waals surface area contributed by atoms with Crippen LogP contribution in [-0.2, 0) is 29.4 Å². The summed E-state index contributed by atoms with van der Waals surface area (Å²) in [5.41, 5.74) is 4.79. The van der Waals surface area contributed by atoms with E-state index in [-0.39, 0.29) is 40.5 Å². The molecule has 14 heteroatoms. The Morgan fingerprint density at radius 3 is 2.22 bits per heavy atom. The molecular weight excluding hydrogens is 637 g/mol. The van der Waals surface area contributed by atoms with Crippen LogP contribution in [0.4, 0.5) is 4.79 Å². The molecule has 2 aliphatic heterocycles. The molecule has 45 heavy (non-hydrogen) atoms. The summed E-state index contributed by atoms with van der Waals surface area (Å²) in [6, 6.07) is 15.0. The van der Waals surface area contributed by atoms with E-state index in [9.17, 15) is 26.4 Å². The Hall–Kier alpha value is -3.62. The number of sulfonamides is 1. The molecule has 0 saturated carbocycles. The van der Waals surface area contributed by atoms with E-state index in [0.29, 0.717) is 17.3 Å². The molecular formula is C31H36N4O7S3. The second-order valence-corrected chi connectivity index (χ2v) is 16.9. The number of carbonyl (C=O) groups is 2. The number of ether oxygens (including phenoxy) is 1. The van der Waals surface area contributed by atoms with Gasteiger partial charge in [0, 0.05) is 33.6 Å². The first-order valence-corrected chi connectivity index (χ1v) is 18.3. The molecule has 11 nitrogen and oxygen atoms in total. The van der Waals surface area contributed by atoms with Crippen LogP contribution < -0.4 is 0 Å². The van der Waals surface area contributed by atoms with Crippen molar-refractivity contribution < 1.29 is 31.2 Å². The Morgan fingerprint density at radius 1 is 1.04 bits per heavy atom. The molecule has 0 unspecified atom stereocenters. The molecule has 0 aromatic heterocycles. The number of hydrogen-bond donors (Lipinski definition) is 0. The van der Waals surface area contributed by atoms with E-state index in [2.05, 4.69) is 4.40 Å². The van der Waals surface area contributed by atoms with Crippen molar-refractivity contribution in [2.75, 3.05) is 40.8 Å². The van der Waals surface area contributed by atoms with Gasteiger partial charge in [-0.3, -0.25) is 4.79 Å². The lowest BCUT2D eigenvalue weighted by Gasteiger charge is -2.33. The lowest BCUT2D eigenvalue weighted by Crippen LogP contribution is -2.47. The molecule has 0 bridgehead atoms. The highest BCUT2D eigenvalue weighted by Gasteiger charge is 2.46. The number of thioether (sulfide) groups is 1. The molecule has 3 aliphatic rings. The van der Waals surface area contributed by atoms with E-state index >= 15 is 0 Å². The molecule has 1 aliphatic carbocycles. The number of sulfone groups is 1. The number of benzene rings is 2. The van der Waals surface area contributed by atoms with E-state index < -0.39 is 43.2 Å². The normalized spacial score (nSPS) is 20.3. The number of fused-ring (bicyclic) bond motifs is 3. The van der Waals surface area contributed by atoms with Gasteiger partial charge in [-0.2, -0.15) is 8.42 Å². The molecule has 2 atom stereocenters. The van der Waals surface area contributed by atoms with Gasteiger partial charge in [0.25, 0.3) is 10.0 Å². The van der Waals surface area contributed by atoms with Crippen molar-refractivity contribution in [1.82, 2.24) is 14.7 Å². The highest BCUT2D eigenvalue weighted by molar-refractivity contribution is 8.28. The first-order valence-electron chi connectivity index (χ1n) is 14.4. The molecule has 0 N–H and O–H groups in total. The van der Waals surface area contributed by atoms with Crippen molar-refractivity contribution in [2.24, 2.45) is 4.40 Å². The minimum absolute atomic E-state index is 0.0581. The van der Waals surface area contributed by atoms with E-state index in [1.165, 1.54) is 27.8 Å². The fraction of sp³-hybridized carbons (Fsp3) is 0.387. The number of amides is 2. The van der Waals surface area contributed by atoms with Crippen LogP contribution in [0.2, 0.25) is 0 Å². The molecule has 2 heterocycles. The van der Waals surface area contributed by atoms with Crippen LogP contribution in [0.1, 0.15) is 37.3 Å². The molecule has 0 spiro atoms. The maximum atomic E-state index is 13.7. The monoisotopic (exact) mass is 672 g/mol. The van der Waals surface area contributed by atoms with Crippen molar-refractivity contribution >= 4 is 50.0 Å². The zero-order chi connectivity index (χ0) is 32.7. The van der Waals surface area contributed by atoms with Gasteiger partial charge in [-0.05, 0) is 54.2 Å². The van der Waals surface area contributed by atoms with Crippen LogP contribution >= 0.6 is 11.8 Å². The highest BCUT2D eigenvalue weighted by Crippen LogP contribution is 2.49. The van der Waals surface area contributed by atoms with E-state index in [1.807, 2.05) is 48.5 Å². The third-order valence-electron chi connectivity index (χ3n) is 8.09. The molecule has 2 aromatic carbocycles. The van der Waals surface area contributed by atoms with Gasteiger partial charge in [0.2, 0.25) is 5.91 Å². The van der Waals surface area contributed by atoms with Gasteiger partial charge in [-0.1, -0.05) is 60.3 Å². The van der Waals surface area contributed by atoms with Gasteiger partial charge in [0.05, 0.1) is 11.3 Å². The van der Waals surface area contributed by atoms with Crippen LogP contribution in [0.3, 0.4) is 0 Å². The number of nitrogens with zero attached hydrogens (tertiary/aromatic N) is 4. The lowest BCUT2D eigenvalue weighted by molar-refractivity contribution is -0.132.